The van der Waals surface area contributed by atoms with Crippen LogP contribution in [0.4, 0.5) is 13.2 Å². The van der Waals surface area contributed by atoms with E-state index in [0.29, 0.717) is 10.6 Å². The standard InChI is InChI=1S/C15H13ClF3N/c16-13-9-5-4-8-12(13)10-20-14(15(17,18)19)11-6-2-1-3-7-11/h1-9,14,20H,10H2. The smallest absolute Gasteiger partial charge is 0.298 e. The van der Waals surface area contributed by atoms with Gasteiger partial charge in [0, 0.05) is 11.6 Å². The summed E-state index contributed by atoms with van der Waals surface area (Å²) in [5.74, 6) is 0. The first-order chi connectivity index (χ1) is 9.48. The van der Waals surface area contributed by atoms with E-state index in [4.69, 9.17) is 11.6 Å². The Morgan fingerprint density at radius 1 is 0.950 bits per heavy atom. The highest BCUT2D eigenvalue weighted by Crippen LogP contribution is 2.33. The van der Waals surface area contributed by atoms with E-state index in [-0.39, 0.29) is 12.1 Å². The van der Waals surface area contributed by atoms with Crippen molar-refractivity contribution in [3.05, 3.63) is 70.7 Å². The first-order valence-corrected chi connectivity index (χ1v) is 6.45. The average molecular weight is 300 g/mol. The number of nitrogens with one attached hydrogen (secondary N) is 1. The van der Waals surface area contributed by atoms with Gasteiger partial charge < -0.3 is 0 Å². The predicted molar refractivity (Wildman–Crippen MR) is 73.5 cm³/mol. The fourth-order valence-corrected chi connectivity index (χ4v) is 2.12. The first-order valence-electron chi connectivity index (χ1n) is 6.07. The van der Waals surface area contributed by atoms with Crippen molar-refractivity contribution in [1.29, 1.82) is 0 Å². The lowest BCUT2D eigenvalue weighted by Gasteiger charge is -2.22. The molecule has 2 rings (SSSR count). The summed E-state index contributed by atoms with van der Waals surface area (Å²) in [6, 6.07) is 12.9. The van der Waals surface area contributed by atoms with Gasteiger partial charge in [-0.1, -0.05) is 60.1 Å². The summed E-state index contributed by atoms with van der Waals surface area (Å²) < 4.78 is 39.3. The molecule has 0 aliphatic carbocycles. The Hall–Kier alpha value is -1.52. The van der Waals surface area contributed by atoms with Crippen molar-refractivity contribution < 1.29 is 13.2 Å². The van der Waals surface area contributed by atoms with Gasteiger partial charge in [-0.2, -0.15) is 13.2 Å². The van der Waals surface area contributed by atoms with E-state index in [2.05, 4.69) is 5.32 Å². The molecule has 1 nitrogen and oxygen atoms in total. The van der Waals surface area contributed by atoms with Crippen molar-refractivity contribution in [3.63, 3.8) is 0 Å². The highest BCUT2D eigenvalue weighted by atomic mass is 35.5. The van der Waals surface area contributed by atoms with Gasteiger partial charge in [0.25, 0.3) is 0 Å². The van der Waals surface area contributed by atoms with Crippen molar-refractivity contribution in [2.75, 3.05) is 0 Å². The van der Waals surface area contributed by atoms with E-state index in [0.717, 1.165) is 0 Å². The third-order valence-electron chi connectivity index (χ3n) is 2.91. The molecule has 1 atom stereocenters. The number of alkyl halides is 3. The summed E-state index contributed by atoms with van der Waals surface area (Å²) in [7, 11) is 0. The molecule has 0 spiro atoms. The molecule has 0 fully saturated rings. The van der Waals surface area contributed by atoms with Crippen LogP contribution in [0.25, 0.3) is 0 Å². The molecule has 0 heterocycles. The second-order valence-corrected chi connectivity index (χ2v) is 4.76. The van der Waals surface area contributed by atoms with Crippen molar-refractivity contribution in [2.24, 2.45) is 0 Å². The van der Waals surface area contributed by atoms with Crippen LogP contribution in [0.5, 0.6) is 0 Å². The molecule has 106 valence electrons. The fraction of sp³-hybridized carbons (Fsp3) is 0.200. The average Bonchev–Trinajstić information content (AvgIpc) is 2.41. The van der Waals surface area contributed by atoms with Crippen LogP contribution in [0, 0.1) is 0 Å². The van der Waals surface area contributed by atoms with E-state index in [1.54, 1.807) is 42.5 Å². The van der Waals surface area contributed by atoms with Gasteiger partial charge in [-0.3, -0.25) is 5.32 Å². The van der Waals surface area contributed by atoms with Crippen molar-refractivity contribution in [1.82, 2.24) is 5.32 Å². The second-order valence-electron chi connectivity index (χ2n) is 4.36. The van der Waals surface area contributed by atoms with E-state index >= 15 is 0 Å². The molecule has 1 N–H and O–H groups in total. The van der Waals surface area contributed by atoms with E-state index < -0.39 is 12.2 Å². The van der Waals surface area contributed by atoms with E-state index in [9.17, 15) is 13.2 Å². The Morgan fingerprint density at radius 3 is 2.15 bits per heavy atom. The van der Waals surface area contributed by atoms with Crippen LogP contribution in [-0.2, 0) is 6.54 Å². The van der Waals surface area contributed by atoms with Gasteiger partial charge >= 0.3 is 6.18 Å². The number of rotatable bonds is 4. The second kappa shape index (κ2) is 6.29. The topological polar surface area (TPSA) is 12.0 Å². The maximum absolute atomic E-state index is 13.1. The molecule has 1 unspecified atom stereocenters. The lowest BCUT2D eigenvalue weighted by molar-refractivity contribution is -0.158. The molecule has 0 aromatic heterocycles. The summed E-state index contributed by atoms with van der Waals surface area (Å²) in [5.41, 5.74) is 0.825. The molecule has 0 aliphatic rings. The zero-order valence-corrected chi connectivity index (χ0v) is 11.2. The Labute approximate surface area is 120 Å². The highest BCUT2D eigenvalue weighted by Gasteiger charge is 2.40. The zero-order valence-electron chi connectivity index (χ0n) is 10.5. The van der Waals surface area contributed by atoms with Gasteiger partial charge in [0.2, 0.25) is 0 Å². The zero-order chi connectivity index (χ0) is 14.6. The molecule has 2 aromatic carbocycles. The Bertz CT molecular complexity index is 555. The summed E-state index contributed by atoms with van der Waals surface area (Å²) >= 11 is 5.95. The largest absolute Gasteiger partial charge is 0.407 e. The van der Waals surface area contributed by atoms with E-state index in [1.807, 2.05) is 0 Å². The van der Waals surface area contributed by atoms with Gasteiger partial charge in [-0.05, 0) is 17.2 Å². The van der Waals surface area contributed by atoms with Gasteiger partial charge in [-0.25, -0.2) is 0 Å². The summed E-state index contributed by atoms with van der Waals surface area (Å²) in [6.45, 7) is 0.0543. The minimum absolute atomic E-state index is 0.0543. The third-order valence-corrected chi connectivity index (χ3v) is 3.28. The Kier molecular flexibility index (Phi) is 4.68. The van der Waals surface area contributed by atoms with Gasteiger partial charge in [0.05, 0.1) is 0 Å². The van der Waals surface area contributed by atoms with Crippen LogP contribution in [-0.4, -0.2) is 6.18 Å². The Balaban J connectivity index is 2.16. The molecule has 0 bridgehead atoms. The summed E-state index contributed by atoms with van der Waals surface area (Å²) in [6.07, 6.45) is -4.36. The normalized spacial score (nSPS) is 13.2. The number of hydrogen-bond donors (Lipinski definition) is 1. The molecule has 5 heteroatoms. The molecular weight excluding hydrogens is 287 g/mol. The minimum atomic E-state index is -4.36. The lowest BCUT2D eigenvalue weighted by atomic mass is 10.1. The van der Waals surface area contributed by atoms with Crippen LogP contribution >= 0.6 is 11.6 Å². The number of halogens is 4. The maximum Gasteiger partial charge on any atom is 0.407 e. The molecule has 2 aromatic rings. The Morgan fingerprint density at radius 2 is 1.55 bits per heavy atom. The van der Waals surface area contributed by atoms with Crippen molar-refractivity contribution in [3.8, 4) is 0 Å². The van der Waals surface area contributed by atoms with Crippen molar-refractivity contribution >= 4 is 11.6 Å². The molecule has 0 aliphatic heterocycles. The van der Waals surface area contributed by atoms with Crippen LogP contribution in [0.1, 0.15) is 17.2 Å². The SMILES string of the molecule is FC(F)(F)C(NCc1ccccc1Cl)c1ccccc1. The van der Waals surface area contributed by atoms with Gasteiger partial charge in [-0.15, -0.1) is 0 Å². The molecule has 20 heavy (non-hydrogen) atoms. The quantitative estimate of drug-likeness (QED) is 0.860. The summed E-state index contributed by atoms with van der Waals surface area (Å²) in [5, 5.41) is 2.98. The van der Waals surface area contributed by atoms with E-state index in [1.165, 1.54) is 12.1 Å². The van der Waals surface area contributed by atoms with Crippen molar-refractivity contribution in [2.45, 2.75) is 18.8 Å². The number of hydrogen-bond acceptors (Lipinski definition) is 1. The van der Waals surface area contributed by atoms with Crippen LogP contribution < -0.4 is 5.32 Å². The first kappa shape index (κ1) is 14.9. The van der Waals surface area contributed by atoms with Crippen LogP contribution in [0.2, 0.25) is 5.02 Å². The lowest BCUT2D eigenvalue weighted by Crippen LogP contribution is -2.33. The minimum Gasteiger partial charge on any atom is -0.298 e. The van der Waals surface area contributed by atoms with Gasteiger partial charge in [0.1, 0.15) is 6.04 Å². The molecule has 0 radical (unpaired) electrons. The molecular formula is C15H13ClF3N. The summed E-state index contributed by atoms with van der Waals surface area (Å²) in [4.78, 5) is 0. The fourth-order valence-electron chi connectivity index (χ4n) is 1.92. The predicted octanol–water partition coefficient (Wildman–Crippen LogP) is 4.73. The van der Waals surface area contributed by atoms with Gasteiger partial charge in [0.15, 0.2) is 0 Å². The van der Waals surface area contributed by atoms with Crippen LogP contribution in [0.15, 0.2) is 54.6 Å². The third kappa shape index (κ3) is 3.74. The molecule has 0 saturated heterocycles. The number of benzene rings is 2. The molecule has 0 amide bonds. The highest BCUT2D eigenvalue weighted by molar-refractivity contribution is 6.31. The monoisotopic (exact) mass is 299 g/mol. The maximum atomic E-state index is 13.1. The van der Waals surface area contributed by atoms with Crippen LogP contribution in [0.3, 0.4) is 0 Å². The molecule has 0 saturated carbocycles.